The molecule has 2 aliphatic heterocycles. The van der Waals surface area contributed by atoms with Gasteiger partial charge in [0.15, 0.2) is 0 Å². The van der Waals surface area contributed by atoms with Crippen molar-refractivity contribution in [3.8, 4) is 0 Å². The Morgan fingerprint density at radius 1 is 0.941 bits per heavy atom. The van der Waals surface area contributed by atoms with E-state index in [4.69, 9.17) is 9.47 Å². The van der Waals surface area contributed by atoms with Crippen LogP contribution in [0.15, 0.2) is 54.8 Å². The van der Waals surface area contributed by atoms with E-state index in [1.807, 2.05) is 0 Å². The largest absolute Gasteiger partial charge is 0.472 e. The van der Waals surface area contributed by atoms with Gasteiger partial charge in [0.25, 0.3) is 0 Å². The lowest BCUT2D eigenvalue weighted by Gasteiger charge is -2.38. The van der Waals surface area contributed by atoms with Crippen LogP contribution in [0, 0.1) is 5.92 Å². The first-order valence-corrected chi connectivity index (χ1v) is 5.88. The molecule has 2 nitrogen and oxygen atoms in total. The molecule has 17 heavy (non-hydrogen) atoms. The quantitative estimate of drug-likeness (QED) is 0.739. The number of hydrogen-bond donors (Lipinski definition) is 0. The minimum absolute atomic E-state index is 0.0496. The smallest absolute Gasteiger partial charge is 0.208 e. The third kappa shape index (κ3) is 1.31. The van der Waals surface area contributed by atoms with E-state index in [2.05, 4.69) is 48.5 Å². The molecule has 0 N–H and O–H groups in total. The van der Waals surface area contributed by atoms with Crippen LogP contribution in [-0.4, -0.2) is 6.29 Å². The van der Waals surface area contributed by atoms with Gasteiger partial charge in [-0.1, -0.05) is 36.4 Å². The van der Waals surface area contributed by atoms with Gasteiger partial charge in [0.05, 0.1) is 18.3 Å². The predicted octanol–water partition coefficient (Wildman–Crippen LogP) is 3.40. The zero-order valence-corrected chi connectivity index (χ0v) is 9.24. The van der Waals surface area contributed by atoms with E-state index >= 15 is 0 Å². The van der Waals surface area contributed by atoms with E-state index in [9.17, 15) is 0 Å². The molecule has 0 aromatic heterocycles. The predicted molar refractivity (Wildman–Crippen MR) is 65.3 cm³/mol. The molecule has 2 heterocycles. The second-order valence-corrected chi connectivity index (χ2v) is 4.57. The van der Waals surface area contributed by atoms with E-state index in [0.29, 0.717) is 5.92 Å². The van der Waals surface area contributed by atoms with Crippen molar-refractivity contribution in [1.29, 1.82) is 0 Å². The van der Waals surface area contributed by atoms with Crippen LogP contribution in [0.2, 0.25) is 0 Å². The molecule has 3 atom stereocenters. The van der Waals surface area contributed by atoms with E-state index in [1.54, 1.807) is 6.26 Å². The van der Waals surface area contributed by atoms with Crippen LogP contribution in [-0.2, 0) is 9.47 Å². The van der Waals surface area contributed by atoms with Gasteiger partial charge in [0.1, 0.15) is 0 Å². The Hall–Kier alpha value is -1.80. The normalized spacial score (nSPS) is 29.8. The van der Waals surface area contributed by atoms with Gasteiger partial charge in [0.2, 0.25) is 6.29 Å². The third-order valence-corrected chi connectivity index (χ3v) is 3.56. The molecule has 0 unspecified atom stereocenters. The molecule has 2 heteroatoms. The molecule has 2 aliphatic rings. The highest BCUT2D eigenvalue weighted by molar-refractivity contribution is 5.83. The molecule has 4 rings (SSSR count). The second kappa shape index (κ2) is 3.34. The summed E-state index contributed by atoms with van der Waals surface area (Å²) in [6.07, 6.45) is 3.94. The summed E-state index contributed by atoms with van der Waals surface area (Å²) in [4.78, 5) is 0. The van der Waals surface area contributed by atoms with Crippen LogP contribution in [0.3, 0.4) is 0 Å². The maximum Gasteiger partial charge on any atom is 0.208 e. The molecule has 0 bridgehead atoms. The first-order valence-electron chi connectivity index (χ1n) is 5.88. The molecule has 0 saturated carbocycles. The number of ether oxygens (including phenoxy) is 2. The molecule has 0 amide bonds. The zero-order chi connectivity index (χ0) is 11.2. The van der Waals surface area contributed by atoms with Gasteiger partial charge in [-0.3, -0.25) is 0 Å². The van der Waals surface area contributed by atoms with Gasteiger partial charge in [-0.05, 0) is 28.5 Å². The van der Waals surface area contributed by atoms with Crippen molar-refractivity contribution >= 4 is 10.8 Å². The van der Waals surface area contributed by atoms with Crippen molar-refractivity contribution in [3.05, 3.63) is 60.4 Å². The van der Waals surface area contributed by atoms with Crippen molar-refractivity contribution in [2.45, 2.75) is 12.4 Å². The van der Waals surface area contributed by atoms with Gasteiger partial charge in [-0.2, -0.15) is 0 Å². The highest BCUT2D eigenvalue weighted by Gasteiger charge is 2.45. The molecule has 0 radical (unpaired) electrons. The van der Waals surface area contributed by atoms with Crippen molar-refractivity contribution in [2.75, 3.05) is 0 Å². The summed E-state index contributed by atoms with van der Waals surface area (Å²) in [5.74, 6) is 0.385. The Morgan fingerprint density at radius 3 is 2.71 bits per heavy atom. The van der Waals surface area contributed by atoms with Crippen molar-refractivity contribution in [3.63, 3.8) is 0 Å². The van der Waals surface area contributed by atoms with Crippen LogP contribution in [0.25, 0.3) is 10.8 Å². The topological polar surface area (TPSA) is 18.5 Å². The number of rotatable bonds is 1. The fraction of sp³-hybridized carbons (Fsp3) is 0.200. The molecule has 1 saturated heterocycles. The van der Waals surface area contributed by atoms with Gasteiger partial charge in [-0.15, -0.1) is 0 Å². The molecular weight excluding hydrogens is 212 g/mol. The van der Waals surface area contributed by atoms with Gasteiger partial charge >= 0.3 is 0 Å². The zero-order valence-electron chi connectivity index (χ0n) is 9.24. The lowest BCUT2D eigenvalue weighted by molar-refractivity contribution is -0.257. The SMILES string of the molecule is C1=C[C@@H]2[C@H](O1)O[C@H]2c1ccc2ccccc2c1. The molecule has 1 fully saturated rings. The summed E-state index contributed by atoms with van der Waals surface area (Å²) in [5, 5.41) is 2.53. The summed E-state index contributed by atoms with van der Waals surface area (Å²) >= 11 is 0. The number of fused-ring (bicyclic) bond motifs is 2. The fourth-order valence-electron chi connectivity index (χ4n) is 2.59. The first kappa shape index (κ1) is 9.25. The number of hydrogen-bond acceptors (Lipinski definition) is 2. The standard InChI is InChI=1S/C15H12O2/c1-2-4-11-9-12(6-5-10(11)3-1)14-13-7-8-16-15(13)17-14/h1-9,13-15H/t13-,14-,15+/m0/s1. The average molecular weight is 224 g/mol. The van der Waals surface area contributed by atoms with Crippen molar-refractivity contribution in [2.24, 2.45) is 5.92 Å². The van der Waals surface area contributed by atoms with Crippen LogP contribution >= 0.6 is 0 Å². The Kier molecular flexibility index (Phi) is 1.82. The van der Waals surface area contributed by atoms with Crippen LogP contribution in [0.4, 0.5) is 0 Å². The Morgan fingerprint density at radius 2 is 1.82 bits per heavy atom. The number of benzene rings is 2. The maximum atomic E-state index is 5.71. The minimum Gasteiger partial charge on any atom is -0.472 e. The monoisotopic (exact) mass is 224 g/mol. The average Bonchev–Trinajstić information content (AvgIpc) is 2.71. The lowest BCUT2D eigenvalue weighted by Crippen LogP contribution is -2.39. The first-order chi connectivity index (χ1) is 8.42. The Labute approximate surface area is 99.5 Å². The Bertz CT molecular complexity index is 603. The summed E-state index contributed by atoms with van der Waals surface area (Å²) in [5.41, 5.74) is 1.24. The molecule has 84 valence electrons. The molecule has 2 aromatic carbocycles. The highest BCUT2D eigenvalue weighted by atomic mass is 16.7. The van der Waals surface area contributed by atoms with E-state index in [-0.39, 0.29) is 12.4 Å². The Balaban J connectivity index is 1.74. The van der Waals surface area contributed by atoms with E-state index in [1.165, 1.54) is 16.3 Å². The molecule has 0 spiro atoms. The van der Waals surface area contributed by atoms with Crippen LogP contribution in [0.5, 0.6) is 0 Å². The van der Waals surface area contributed by atoms with Gasteiger partial charge in [-0.25, -0.2) is 0 Å². The third-order valence-electron chi connectivity index (χ3n) is 3.56. The molecule has 0 aliphatic carbocycles. The second-order valence-electron chi connectivity index (χ2n) is 4.57. The van der Waals surface area contributed by atoms with Crippen molar-refractivity contribution < 1.29 is 9.47 Å². The van der Waals surface area contributed by atoms with Gasteiger partial charge < -0.3 is 9.47 Å². The molecular formula is C15H12O2. The minimum atomic E-state index is -0.0496. The summed E-state index contributed by atoms with van der Waals surface area (Å²) in [6.45, 7) is 0. The van der Waals surface area contributed by atoms with Crippen LogP contribution in [0.1, 0.15) is 11.7 Å². The van der Waals surface area contributed by atoms with Gasteiger partial charge in [0, 0.05) is 0 Å². The fourth-order valence-corrected chi connectivity index (χ4v) is 2.59. The summed E-state index contributed by atoms with van der Waals surface area (Å²) < 4.78 is 11.0. The maximum absolute atomic E-state index is 5.71. The summed E-state index contributed by atoms with van der Waals surface area (Å²) in [7, 11) is 0. The molecule has 2 aromatic rings. The van der Waals surface area contributed by atoms with Crippen molar-refractivity contribution in [1.82, 2.24) is 0 Å². The van der Waals surface area contributed by atoms with E-state index in [0.717, 1.165) is 0 Å². The highest BCUT2D eigenvalue weighted by Crippen LogP contribution is 2.45. The van der Waals surface area contributed by atoms with Crippen LogP contribution < -0.4 is 0 Å². The lowest BCUT2D eigenvalue weighted by atomic mass is 9.90. The summed E-state index contributed by atoms with van der Waals surface area (Å²) in [6, 6.07) is 14.9. The van der Waals surface area contributed by atoms with E-state index < -0.39 is 0 Å².